The van der Waals surface area contributed by atoms with Gasteiger partial charge in [0.1, 0.15) is 17.2 Å². The number of anilines is 1. The van der Waals surface area contributed by atoms with Gasteiger partial charge in [-0.2, -0.15) is 0 Å². The summed E-state index contributed by atoms with van der Waals surface area (Å²) in [6.45, 7) is 0. The number of carbonyl (C=O) groups excluding carboxylic acids is 1. The number of carbonyl (C=O) groups is 3. The quantitative estimate of drug-likeness (QED) is 0.538. The number of carboxylic acid groups (broad SMARTS) is 2. The van der Waals surface area contributed by atoms with Gasteiger partial charge in [0, 0.05) is 5.56 Å². The van der Waals surface area contributed by atoms with Crippen molar-refractivity contribution in [2.75, 3.05) is 12.4 Å². The van der Waals surface area contributed by atoms with E-state index in [0.717, 1.165) is 0 Å². The van der Waals surface area contributed by atoms with Crippen LogP contribution in [0.3, 0.4) is 0 Å². The van der Waals surface area contributed by atoms with E-state index in [-0.39, 0.29) is 28.3 Å². The second-order valence-electron chi connectivity index (χ2n) is 6.13. The molecule has 3 N–H and O–H groups in total. The molecule has 0 aliphatic rings. The van der Waals surface area contributed by atoms with Crippen molar-refractivity contribution < 1.29 is 34.1 Å². The minimum atomic E-state index is -1.26. The lowest BCUT2D eigenvalue weighted by Gasteiger charge is -2.12. The lowest BCUT2D eigenvalue weighted by molar-refractivity contribution is 0.0686. The average Bonchev–Trinajstić information content (AvgIpc) is 2.74. The van der Waals surface area contributed by atoms with Crippen molar-refractivity contribution in [1.29, 1.82) is 0 Å². The van der Waals surface area contributed by atoms with Crippen LogP contribution in [0.1, 0.15) is 31.1 Å². The number of amides is 1. The van der Waals surface area contributed by atoms with Crippen LogP contribution < -0.4 is 14.8 Å². The van der Waals surface area contributed by atoms with E-state index in [0.29, 0.717) is 11.3 Å². The molecule has 30 heavy (non-hydrogen) atoms. The first-order chi connectivity index (χ1) is 14.4. The number of methoxy groups -OCH3 is 1. The Morgan fingerprint density at radius 2 is 1.40 bits per heavy atom. The van der Waals surface area contributed by atoms with Crippen LogP contribution in [0.2, 0.25) is 0 Å². The molecule has 0 aliphatic heterocycles. The molecule has 0 saturated carbocycles. The van der Waals surface area contributed by atoms with Crippen molar-refractivity contribution in [2.45, 2.75) is 0 Å². The lowest BCUT2D eigenvalue weighted by atomic mass is 10.1. The van der Waals surface area contributed by atoms with Gasteiger partial charge in [-0.1, -0.05) is 12.1 Å². The van der Waals surface area contributed by atoms with Crippen LogP contribution in [0.5, 0.6) is 17.2 Å². The molecule has 0 aliphatic carbocycles. The number of carboxylic acids is 2. The Balaban J connectivity index is 1.85. The van der Waals surface area contributed by atoms with Crippen LogP contribution in [0.4, 0.5) is 5.69 Å². The molecule has 3 aromatic carbocycles. The van der Waals surface area contributed by atoms with Gasteiger partial charge in [0.05, 0.1) is 23.9 Å². The number of rotatable bonds is 7. The Morgan fingerprint density at radius 3 is 2.07 bits per heavy atom. The standard InChI is InChI=1S/C22H17NO7/c1-29-15-6-2-4-13(10-15)20(24)23-19-9-8-17(12-18(19)22(27)28)30-16-7-3-5-14(11-16)21(25)26/h2-12H,1H3,(H,23,24)(H,25,26)(H,27,28). The maximum absolute atomic E-state index is 12.5. The van der Waals surface area contributed by atoms with Crippen molar-refractivity contribution in [3.05, 3.63) is 83.4 Å². The van der Waals surface area contributed by atoms with Crippen molar-refractivity contribution in [1.82, 2.24) is 0 Å². The first-order valence-corrected chi connectivity index (χ1v) is 8.71. The van der Waals surface area contributed by atoms with Gasteiger partial charge in [0.15, 0.2) is 0 Å². The molecule has 8 nitrogen and oxygen atoms in total. The molecular formula is C22H17NO7. The molecule has 0 spiro atoms. The summed E-state index contributed by atoms with van der Waals surface area (Å²) in [5.41, 5.74) is 0.240. The van der Waals surface area contributed by atoms with Crippen molar-refractivity contribution in [3.8, 4) is 17.2 Å². The Morgan fingerprint density at radius 1 is 0.767 bits per heavy atom. The van der Waals surface area contributed by atoms with Crippen molar-refractivity contribution >= 4 is 23.5 Å². The van der Waals surface area contributed by atoms with Gasteiger partial charge in [0.25, 0.3) is 5.91 Å². The second kappa shape index (κ2) is 8.78. The van der Waals surface area contributed by atoms with Crippen LogP contribution in [0.25, 0.3) is 0 Å². The number of ether oxygens (including phenoxy) is 2. The van der Waals surface area contributed by atoms with Gasteiger partial charge in [-0.15, -0.1) is 0 Å². The second-order valence-corrected chi connectivity index (χ2v) is 6.13. The molecule has 0 bridgehead atoms. The summed E-state index contributed by atoms with van der Waals surface area (Å²) in [5, 5.41) is 21.2. The minimum Gasteiger partial charge on any atom is -0.497 e. The Labute approximate surface area is 171 Å². The maximum atomic E-state index is 12.5. The fraction of sp³-hybridized carbons (Fsp3) is 0.0455. The zero-order chi connectivity index (χ0) is 21.7. The summed E-state index contributed by atoms with van der Waals surface area (Å²) >= 11 is 0. The highest BCUT2D eigenvalue weighted by molar-refractivity contribution is 6.08. The van der Waals surface area contributed by atoms with Crippen LogP contribution in [-0.2, 0) is 0 Å². The van der Waals surface area contributed by atoms with Crippen LogP contribution >= 0.6 is 0 Å². The SMILES string of the molecule is COc1cccc(C(=O)Nc2ccc(Oc3cccc(C(=O)O)c3)cc2C(=O)O)c1. The number of hydrogen-bond donors (Lipinski definition) is 3. The summed E-state index contributed by atoms with van der Waals surface area (Å²) in [5.74, 6) is -1.97. The highest BCUT2D eigenvalue weighted by Crippen LogP contribution is 2.28. The Bertz CT molecular complexity index is 1120. The maximum Gasteiger partial charge on any atom is 0.337 e. The molecule has 3 aromatic rings. The molecule has 0 radical (unpaired) electrons. The van der Waals surface area contributed by atoms with E-state index in [2.05, 4.69) is 5.32 Å². The molecule has 0 fully saturated rings. The molecule has 1 amide bonds. The van der Waals surface area contributed by atoms with Gasteiger partial charge in [-0.25, -0.2) is 9.59 Å². The number of hydrogen-bond acceptors (Lipinski definition) is 5. The molecule has 3 rings (SSSR count). The van der Waals surface area contributed by atoms with E-state index in [9.17, 15) is 19.5 Å². The molecule has 0 saturated heterocycles. The molecule has 0 heterocycles. The number of benzene rings is 3. The summed E-state index contributed by atoms with van der Waals surface area (Å²) in [6.07, 6.45) is 0. The predicted molar refractivity (Wildman–Crippen MR) is 108 cm³/mol. The van der Waals surface area contributed by atoms with E-state index in [1.165, 1.54) is 49.6 Å². The molecule has 0 atom stereocenters. The molecule has 152 valence electrons. The average molecular weight is 407 g/mol. The molecule has 8 heteroatoms. The van der Waals surface area contributed by atoms with Gasteiger partial charge < -0.3 is 25.0 Å². The Hall–Kier alpha value is -4.33. The number of nitrogens with one attached hydrogen (secondary N) is 1. The summed E-state index contributed by atoms with van der Waals surface area (Å²) in [7, 11) is 1.48. The lowest BCUT2D eigenvalue weighted by Crippen LogP contribution is -2.15. The van der Waals surface area contributed by atoms with E-state index < -0.39 is 17.8 Å². The predicted octanol–water partition coefficient (Wildman–Crippen LogP) is 4.14. The topological polar surface area (TPSA) is 122 Å². The molecule has 0 unspecified atom stereocenters. The van der Waals surface area contributed by atoms with Crippen LogP contribution in [-0.4, -0.2) is 35.2 Å². The first kappa shape index (κ1) is 20.4. The van der Waals surface area contributed by atoms with Crippen molar-refractivity contribution in [2.24, 2.45) is 0 Å². The third-order valence-electron chi connectivity index (χ3n) is 4.12. The van der Waals surface area contributed by atoms with Crippen molar-refractivity contribution in [3.63, 3.8) is 0 Å². The zero-order valence-electron chi connectivity index (χ0n) is 15.8. The fourth-order valence-corrected chi connectivity index (χ4v) is 2.66. The van der Waals surface area contributed by atoms with E-state index >= 15 is 0 Å². The van der Waals surface area contributed by atoms with Gasteiger partial charge in [-0.05, 0) is 54.6 Å². The third-order valence-corrected chi connectivity index (χ3v) is 4.12. The molecular weight excluding hydrogens is 390 g/mol. The summed E-state index contributed by atoms with van der Waals surface area (Å²) < 4.78 is 10.7. The highest BCUT2D eigenvalue weighted by atomic mass is 16.5. The third kappa shape index (κ3) is 4.74. The van der Waals surface area contributed by atoms with Crippen LogP contribution in [0.15, 0.2) is 66.7 Å². The van der Waals surface area contributed by atoms with Gasteiger partial charge >= 0.3 is 11.9 Å². The normalized spacial score (nSPS) is 10.2. The first-order valence-electron chi connectivity index (χ1n) is 8.71. The summed E-state index contributed by atoms with van der Waals surface area (Å²) in [4.78, 5) is 35.2. The smallest absolute Gasteiger partial charge is 0.337 e. The largest absolute Gasteiger partial charge is 0.497 e. The van der Waals surface area contributed by atoms with Gasteiger partial charge in [-0.3, -0.25) is 4.79 Å². The highest BCUT2D eigenvalue weighted by Gasteiger charge is 2.16. The monoisotopic (exact) mass is 407 g/mol. The van der Waals surface area contributed by atoms with Gasteiger partial charge in [0.2, 0.25) is 0 Å². The fourth-order valence-electron chi connectivity index (χ4n) is 2.66. The van der Waals surface area contributed by atoms with E-state index in [1.54, 1.807) is 24.3 Å². The Kier molecular flexibility index (Phi) is 5.97. The van der Waals surface area contributed by atoms with E-state index in [4.69, 9.17) is 14.6 Å². The van der Waals surface area contributed by atoms with Crippen LogP contribution in [0, 0.1) is 0 Å². The zero-order valence-corrected chi connectivity index (χ0v) is 15.8. The number of aromatic carboxylic acids is 2. The minimum absolute atomic E-state index is 0.0353. The molecule has 0 aromatic heterocycles. The summed E-state index contributed by atoms with van der Waals surface area (Å²) in [6, 6.07) is 16.4. The van der Waals surface area contributed by atoms with E-state index in [1.807, 2.05) is 0 Å².